The zero-order chi connectivity index (χ0) is 21.1. The summed E-state index contributed by atoms with van der Waals surface area (Å²) in [5.41, 5.74) is 3.22. The topological polar surface area (TPSA) is 60.3 Å². The van der Waals surface area contributed by atoms with Gasteiger partial charge in [0.05, 0.1) is 23.8 Å². The molecule has 2 aromatic carbocycles. The highest BCUT2D eigenvalue weighted by Gasteiger charge is 2.24. The molecule has 0 saturated heterocycles. The number of halogens is 1. The average Bonchev–Trinajstić information content (AvgIpc) is 3.20. The molecule has 0 unspecified atom stereocenters. The minimum atomic E-state index is -3.93. The molecule has 0 amide bonds. The fourth-order valence-electron chi connectivity index (χ4n) is 3.62. The lowest BCUT2D eigenvalue weighted by molar-refractivity contribution is 0.161. The Morgan fingerprint density at radius 2 is 1.97 bits per heavy atom. The number of hydrogen-bond donors (Lipinski definition) is 1. The second-order valence-corrected chi connectivity index (χ2v) is 8.94. The van der Waals surface area contributed by atoms with Gasteiger partial charge in [-0.25, -0.2) is 16.8 Å². The molecular weight excluding hydrogens is 403 g/mol. The molecule has 0 aliphatic carbocycles. The molecule has 0 radical (unpaired) electrons. The molecule has 1 N–H and O–H groups in total. The summed E-state index contributed by atoms with van der Waals surface area (Å²) in [5, 5.41) is 3.01. The molecule has 0 saturated carbocycles. The molecule has 0 bridgehead atoms. The summed E-state index contributed by atoms with van der Waals surface area (Å²) < 4.78 is 48.2. The number of ether oxygens (including phenoxy) is 1. The lowest BCUT2D eigenvalue weighted by atomic mass is 10.0. The van der Waals surface area contributed by atoms with Gasteiger partial charge >= 0.3 is 0 Å². The van der Waals surface area contributed by atoms with Crippen LogP contribution in [0.3, 0.4) is 0 Å². The normalized spacial score (nSPS) is 14.5. The number of hydrogen-bond acceptors (Lipinski definition) is 4. The Morgan fingerprint density at radius 1 is 1.13 bits per heavy atom. The van der Waals surface area contributed by atoms with Gasteiger partial charge in [-0.1, -0.05) is 30.3 Å². The summed E-state index contributed by atoms with van der Waals surface area (Å²) in [6, 6.07) is 14.8. The minimum Gasteiger partial charge on any atom is -0.377 e. The standard InChI is InChI=1S/C23H23FN2O3S/c1-25-15-17-13-23(21-7-2-3-8-22(21)24)26(16-17)30(27,28)20-6-4-5-19(14-20)18-9-11-29-12-10-18/h2-9,13-14,16,25H,10-12,15H2,1H3. The smallest absolute Gasteiger partial charge is 0.268 e. The third-order valence-electron chi connectivity index (χ3n) is 5.10. The van der Waals surface area contributed by atoms with Crippen LogP contribution in [-0.4, -0.2) is 32.7 Å². The molecule has 0 fully saturated rings. The van der Waals surface area contributed by atoms with Crippen LogP contribution in [0.5, 0.6) is 0 Å². The Morgan fingerprint density at radius 3 is 2.70 bits per heavy atom. The Kier molecular flexibility index (Phi) is 5.85. The lowest BCUT2D eigenvalue weighted by Crippen LogP contribution is -2.14. The summed E-state index contributed by atoms with van der Waals surface area (Å²) in [6.45, 7) is 1.61. The highest BCUT2D eigenvalue weighted by Crippen LogP contribution is 2.30. The fourth-order valence-corrected chi connectivity index (χ4v) is 5.06. The third-order valence-corrected chi connectivity index (χ3v) is 6.77. The molecule has 0 spiro atoms. The van der Waals surface area contributed by atoms with Gasteiger partial charge in [0.25, 0.3) is 10.0 Å². The van der Waals surface area contributed by atoms with Crippen LogP contribution in [0.25, 0.3) is 16.8 Å². The van der Waals surface area contributed by atoms with Crippen molar-refractivity contribution in [1.82, 2.24) is 9.29 Å². The fraction of sp³-hybridized carbons (Fsp3) is 0.217. The van der Waals surface area contributed by atoms with E-state index >= 15 is 0 Å². The highest BCUT2D eigenvalue weighted by atomic mass is 32.2. The molecule has 1 aliphatic rings. The SMILES string of the molecule is CNCc1cc(-c2ccccc2F)n(S(=O)(=O)c2cccc(C3=CCOCC3)c2)c1. The van der Waals surface area contributed by atoms with Crippen molar-refractivity contribution in [3.05, 3.63) is 83.8 Å². The lowest BCUT2D eigenvalue weighted by Gasteiger charge is -2.15. The quantitative estimate of drug-likeness (QED) is 0.646. The van der Waals surface area contributed by atoms with Crippen LogP contribution < -0.4 is 5.32 Å². The van der Waals surface area contributed by atoms with E-state index in [-0.39, 0.29) is 10.5 Å². The zero-order valence-corrected chi connectivity index (χ0v) is 17.5. The van der Waals surface area contributed by atoms with Gasteiger partial charge in [0.2, 0.25) is 0 Å². The van der Waals surface area contributed by atoms with Crippen LogP contribution in [0.1, 0.15) is 17.5 Å². The van der Waals surface area contributed by atoms with Crippen LogP contribution in [0.2, 0.25) is 0 Å². The van der Waals surface area contributed by atoms with Crippen molar-refractivity contribution in [3.8, 4) is 11.3 Å². The van der Waals surface area contributed by atoms with Crippen molar-refractivity contribution in [2.24, 2.45) is 0 Å². The van der Waals surface area contributed by atoms with Gasteiger partial charge in [-0.3, -0.25) is 0 Å². The van der Waals surface area contributed by atoms with Gasteiger partial charge < -0.3 is 10.1 Å². The Bertz CT molecular complexity index is 1200. The molecule has 1 aromatic heterocycles. The summed E-state index contributed by atoms with van der Waals surface area (Å²) in [4.78, 5) is 0.164. The summed E-state index contributed by atoms with van der Waals surface area (Å²) >= 11 is 0. The van der Waals surface area contributed by atoms with Gasteiger partial charge in [0, 0.05) is 18.3 Å². The first-order valence-electron chi connectivity index (χ1n) is 9.74. The van der Waals surface area contributed by atoms with Crippen molar-refractivity contribution < 1.29 is 17.5 Å². The van der Waals surface area contributed by atoms with Crippen LogP contribution in [-0.2, 0) is 21.3 Å². The van der Waals surface area contributed by atoms with E-state index in [1.54, 1.807) is 55.7 Å². The zero-order valence-electron chi connectivity index (χ0n) is 16.6. The summed E-state index contributed by atoms with van der Waals surface area (Å²) in [5.74, 6) is -0.468. The Hall–Kier alpha value is -2.74. The first-order valence-corrected chi connectivity index (χ1v) is 11.2. The molecule has 3 aromatic rings. The summed E-state index contributed by atoms with van der Waals surface area (Å²) in [6.07, 6.45) is 4.26. The largest absolute Gasteiger partial charge is 0.377 e. The van der Waals surface area contributed by atoms with Crippen molar-refractivity contribution in [2.45, 2.75) is 17.9 Å². The van der Waals surface area contributed by atoms with Gasteiger partial charge in [0.1, 0.15) is 5.82 Å². The van der Waals surface area contributed by atoms with E-state index in [2.05, 4.69) is 5.32 Å². The molecule has 156 valence electrons. The van der Waals surface area contributed by atoms with Crippen LogP contribution in [0.15, 0.2) is 71.8 Å². The predicted molar refractivity (Wildman–Crippen MR) is 115 cm³/mol. The molecular formula is C23H23FN2O3S. The van der Waals surface area contributed by atoms with Gasteiger partial charge in [0.15, 0.2) is 0 Å². The van der Waals surface area contributed by atoms with Crippen LogP contribution in [0, 0.1) is 5.82 Å². The number of rotatable bonds is 6. The second kappa shape index (κ2) is 8.55. The maximum absolute atomic E-state index is 14.5. The molecule has 7 heteroatoms. The van der Waals surface area contributed by atoms with Crippen molar-refractivity contribution in [1.29, 1.82) is 0 Å². The van der Waals surface area contributed by atoms with Crippen molar-refractivity contribution in [2.75, 3.05) is 20.3 Å². The monoisotopic (exact) mass is 426 g/mol. The third kappa shape index (κ3) is 3.96. The van der Waals surface area contributed by atoms with E-state index in [1.165, 1.54) is 10.0 Å². The van der Waals surface area contributed by atoms with Gasteiger partial charge in [-0.15, -0.1) is 0 Å². The average molecular weight is 427 g/mol. The molecule has 0 atom stereocenters. The highest BCUT2D eigenvalue weighted by molar-refractivity contribution is 7.90. The second-order valence-electron chi connectivity index (χ2n) is 7.13. The number of nitrogens with one attached hydrogen (secondary N) is 1. The molecule has 1 aliphatic heterocycles. The van der Waals surface area contributed by atoms with E-state index in [0.29, 0.717) is 25.5 Å². The number of aromatic nitrogens is 1. The van der Waals surface area contributed by atoms with E-state index in [1.807, 2.05) is 12.1 Å². The van der Waals surface area contributed by atoms with E-state index in [9.17, 15) is 12.8 Å². The Labute approximate surface area is 175 Å². The van der Waals surface area contributed by atoms with Crippen LogP contribution in [0.4, 0.5) is 4.39 Å². The van der Waals surface area contributed by atoms with E-state index < -0.39 is 15.8 Å². The maximum atomic E-state index is 14.5. The number of nitrogens with zero attached hydrogens (tertiary/aromatic N) is 1. The minimum absolute atomic E-state index is 0.164. The van der Waals surface area contributed by atoms with E-state index in [0.717, 1.165) is 23.1 Å². The van der Waals surface area contributed by atoms with Gasteiger partial charge in [-0.2, -0.15) is 0 Å². The molecule has 30 heavy (non-hydrogen) atoms. The van der Waals surface area contributed by atoms with Crippen molar-refractivity contribution >= 4 is 15.6 Å². The summed E-state index contributed by atoms with van der Waals surface area (Å²) in [7, 11) is -2.15. The molecule has 2 heterocycles. The van der Waals surface area contributed by atoms with Crippen LogP contribution >= 0.6 is 0 Å². The first-order chi connectivity index (χ1) is 14.5. The molecule has 5 nitrogen and oxygen atoms in total. The first kappa shape index (κ1) is 20.5. The van der Waals surface area contributed by atoms with E-state index in [4.69, 9.17) is 4.74 Å². The predicted octanol–water partition coefficient (Wildman–Crippen LogP) is 4.05. The van der Waals surface area contributed by atoms with Crippen molar-refractivity contribution in [3.63, 3.8) is 0 Å². The maximum Gasteiger partial charge on any atom is 0.268 e. The molecule has 4 rings (SSSR count). The number of benzene rings is 2. The Balaban J connectivity index is 1.83. The van der Waals surface area contributed by atoms with Gasteiger partial charge in [-0.05, 0) is 60.5 Å².